The Labute approximate surface area is 196 Å². The summed E-state index contributed by atoms with van der Waals surface area (Å²) < 4.78 is 38.7. The van der Waals surface area contributed by atoms with E-state index in [2.05, 4.69) is 30.9 Å². The minimum atomic E-state index is -4.54. The number of tetrazole rings is 1. The zero-order chi connectivity index (χ0) is 23.9. The first-order valence-corrected chi connectivity index (χ1v) is 10.6. The van der Waals surface area contributed by atoms with Gasteiger partial charge < -0.3 is 5.32 Å². The molecule has 0 unspecified atom stereocenters. The van der Waals surface area contributed by atoms with Crippen molar-refractivity contribution in [2.45, 2.75) is 24.4 Å². The summed E-state index contributed by atoms with van der Waals surface area (Å²) in [6.45, 7) is 0. The first-order chi connectivity index (χ1) is 16.3. The van der Waals surface area contributed by atoms with Crippen molar-refractivity contribution in [1.82, 2.24) is 25.6 Å². The maximum Gasteiger partial charge on any atom is 0.433 e. The Bertz CT molecular complexity index is 1350. The Morgan fingerprint density at radius 3 is 2.50 bits per heavy atom. The number of hydrogen-bond acceptors (Lipinski definition) is 5. The first-order valence-electron chi connectivity index (χ1n) is 10.3. The molecular weight excluding hydrogens is 469 g/mol. The Balaban J connectivity index is 1.47. The van der Waals surface area contributed by atoms with Crippen molar-refractivity contribution in [3.8, 4) is 22.5 Å². The minimum absolute atomic E-state index is 0.166. The molecule has 0 radical (unpaired) electrons. The lowest BCUT2D eigenvalue weighted by molar-refractivity contribution is -0.141. The van der Waals surface area contributed by atoms with E-state index < -0.39 is 17.3 Å². The number of H-pyrrole nitrogens is 1. The van der Waals surface area contributed by atoms with Crippen LogP contribution in [0, 0.1) is 0 Å². The third-order valence-electron chi connectivity index (χ3n) is 5.80. The van der Waals surface area contributed by atoms with Gasteiger partial charge in [-0.15, -0.1) is 5.10 Å². The summed E-state index contributed by atoms with van der Waals surface area (Å²) in [6.07, 6.45) is -1.99. The highest BCUT2D eigenvalue weighted by Crippen LogP contribution is 2.49. The smallest absolute Gasteiger partial charge is 0.325 e. The largest absolute Gasteiger partial charge is 0.433 e. The molecule has 0 atom stereocenters. The molecule has 0 spiro atoms. The molecule has 0 saturated heterocycles. The fourth-order valence-corrected chi connectivity index (χ4v) is 4.06. The van der Waals surface area contributed by atoms with Gasteiger partial charge in [0.2, 0.25) is 5.91 Å². The van der Waals surface area contributed by atoms with Crippen LogP contribution in [0.5, 0.6) is 0 Å². The number of nitrogens with zero attached hydrogens (tertiary/aromatic N) is 4. The lowest BCUT2D eigenvalue weighted by Gasteiger charge is -2.17. The van der Waals surface area contributed by atoms with Gasteiger partial charge in [-0.2, -0.15) is 13.2 Å². The van der Waals surface area contributed by atoms with Gasteiger partial charge in [0.05, 0.1) is 5.41 Å². The maximum absolute atomic E-state index is 13.2. The molecular formula is C23H16ClF3N6O. The molecule has 0 aliphatic heterocycles. The van der Waals surface area contributed by atoms with Crippen LogP contribution in [0.15, 0.2) is 60.8 Å². The van der Waals surface area contributed by atoms with Crippen LogP contribution in [0.25, 0.3) is 22.5 Å². The van der Waals surface area contributed by atoms with E-state index in [0.717, 1.165) is 17.8 Å². The van der Waals surface area contributed by atoms with Crippen molar-refractivity contribution in [2.24, 2.45) is 0 Å². The molecule has 172 valence electrons. The summed E-state index contributed by atoms with van der Waals surface area (Å²) >= 11 is 6.11. The SMILES string of the molecule is O=C(Nc1ccc(-c2ccc(C(F)(F)F)nc2)c(-c2nnn[nH]2)c1)C1(c2cccc(Cl)c2)CC1. The number of aromatic amines is 1. The molecule has 1 aliphatic rings. The Morgan fingerprint density at radius 1 is 1.06 bits per heavy atom. The average molecular weight is 485 g/mol. The zero-order valence-electron chi connectivity index (χ0n) is 17.4. The molecule has 1 amide bonds. The predicted octanol–water partition coefficient (Wildman–Crippen LogP) is 5.27. The fraction of sp³-hybridized carbons (Fsp3) is 0.174. The van der Waals surface area contributed by atoms with Gasteiger partial charge >= 0.3 is 6.18 Å². The topological polar surface area (TPSA) is 96.5 Å². The molecule has 1 aliphatic carbocycles. The second-order valence-electron chi connectivity index (χ2n) is 7.99. The highest BCUT2D eigenvalue weighted by atomic mass is 35.5. The normalized spacial score (nSPS) is 14.6. The Hall–Kier alpha value is -3.79. The van der Waals surface area contributed by atoms with Crippen LogP contribution in [-0.4, -0.2) is 31.5 Å². The van der Waals surface area contributed by atoms with Gasteiger partial charge in [-0.05, 0) is 64.7 Å². The quantitative estimate of drug-likeness (QED) is 0.402. The standard InChI is InChI=1S/C23H16ClF3N6O/c24-15-3-1-2-14(10-15)22(8-9-22)21(34)29-16-5-6-17(18(11-16)20-30-32-33-31-20)13-4-7-19(28-12-13)23(25,26)27/h1-7,10-12H,8-9H2,(H,29,34)(H,30,31,32,33). The van der Waals surface area contributed by atoms with Crippen LogP contribution in [-0.2, 0) is 16.4 Å². The van der Waals surface area contributed by atoms with E-state index in [0.29, 0.717) is 46.1 Å². The molecule has 0 bridgehead atoms. The van der Waals surface area contributed by atoms with E-state index in [1.807, 2.05) is 12.1 Å². The third kappa shape index (κ3) is 4.12. The molecule has 2 aromatic carbocycles. The average Bonchev–Trinajstić information content (AvgIpc) is 3.45. The monoisotopic (exact) mass is 484 g/mol. The number of pyridine rings is 1. The highest BCUT2D eigenvalue weighted by Gasteiger charge is 2.51. The number of halogens is 4. The molecule has 1 fully saturated rings. The summed E-state index contributed by atoms with van der Waals surface area (Å²) in [7, 11) is 0. The van der Waals surface area contributed by atoms with Crippen molar-refractivity contribution in [3.63, 3.8) is 0 Å². The number of alkyl halides is 3. The molecule has 2 heterocycles. The van der Waals surface area contributed by atoms with Gasteiger partial charge in [-0.3, -0.25) is 9.78 Å². The molecule has 4 aromatic rings. The van der Waals surface area contributed by atoms with Crippen molar-refractivity contribution < 1.29 is 18.0 Å². The van der Waals surface area contributed by atoms with Crippen LogP contribution < -0.4 is 5.32 Å². The summed E-state index contributed by atoms with van der Waals surface area (Å²) in [4.78, 5) is 16.7. The van der Waals surface area contributed by atoms with E-state index in [-0.39, 0.29) is 5.91 Å². The van der Waals surface area contributed by atoms with Gasteiger partial charge in [-0.1, -0.05) is 35.9 Å². The van der Waals surface area contributed by atoms with Crippen molar-refractivity contribution in [2.75, 3.05) is 5.32 Å². The van der Waals surface area contributed by atoms with Crippen LogP contribution in [0.4, 0.5) is 18.9 Å². The van der Waals surface area contributed by atoms with Crippen molar-refractivity contribution in [3.05, 3.63) is 77.1 Å². The van der Waals surface area contributed by atoms with Crippen molar-refractivity contribution >= 4 is 23.2 Å². The van der Waals surface area contributed by atoms with Crippen molar-refractivity contribution in [1.29, 1.82) is 0 Å². The highest BCUT2D eigenvalue weighted by molar-refractivity contribution is 6.30. The Morgan fingerprint density at radius 2 is 1.88 bits per heavy atom. The number of carbonyl (C=O) groups excluding carboxylic acids is 1. The lowest BCUT2D eigenvalue weighted by atomic mass is 9.94. The number of hydrogen-bond donors (Lipinski definition) is 2. The van der Waals surface area contributed by atoms with E-state index in [1.54, 1.807) is 30.3 Å². The molecule has 1 saturated carbocycles. The van der Waals surface area contributed by atoms with E-state index in [9.17, 15) is 18.0 Å². The van der Waals surface area contributed by atoms with Crippen LogP contribution in [0.3, 0.4) is 0 Å². The second-order valence-corrected chi connectivity index (χ2v) is 8.42. The summed E-state index contributed by atoms with van der Waals surface area (Å²) in [5, 5.41) is 17.2. The van der Waals surface area contributed by atoms with Gasteiger partial charge in [0, 0.05) is 28.0 Å². The van der Waals surface area contributed by atoms with Crippen LogP contribution >= 0.6 is 11.6 Å². The first kappa shape index (κ1) is 22.0. The zero-order valence-corrected chi connectivity index (χ0v) is 18.2. The maximum atomic E-state index is 13.2. The van der Waals surface area contributed by atoms with Crippen LogP contribution in [0.2, 0.25) is 5.02 Å². The number of rotatable bonds is 5. The fourth-order valence-electron chi connectivity index (χ4n) is 3.87. The number of amides is 1. The number of nitrogens with one attached hydrogen (secondary N) is 2. The van der Waals surface area contributed by atoms with Gasteiger partial charge in [0.25, 0.3) is 0 Å². The van der Waals surface area contributed by atoms with Gasteiger partial charge in [-0.25, -0.2) is 5.10 Å². The predicted molar refractivity (Wildman–Crippen MR) is 119 cm³/mol. The minimum Gasteiger partial charge on any atom is -0.325 e. The third-order valence-corrected chi connectivity index (χ3v) is 6.04. The number of aromatic nitrogens is 5. The number of carbonyl (C=O) groups is 1. The number of anilines is 1. The van der Waals surface area contributed by atoms with Crippen LogP contribution in [0.1, 0.15) is 24.1 Å². The molecule has 34 heavy (non-hydrogen) atoms. The molecule has 11 heteroatoms. The summed E-state index contributed by atoms with van der Waals surface area (Å²) in [5.41, 5.74) is 1.20. The summed E-state index contributed by atoms with van der Waals surface area (Å²) in [6, 6.07) is 14.5. The summed E-state index contributed by atoms with van der Waals surface area (Å²) in [5.74, 6) is 0.127. The van der Waals surface area contributed by atoms with Gasteiger partial charge in [0.15, 0.2) is 5.82 Å². The van der Waals surface area contributed by atoms with E-state index in [4.69, 9.17) is 11.6 Å². The second kappa shape index (κ2) is 8.21. The molecule has 2 N–H and O–H groups in total. The Kier molecular flexibility index (Phi) is 5.32. The van der Waals surface area contributed by atoms with E-state index >= 15 is 0 Å². The van der Waals surface area contributed by atoms with E-state index in [1.165, 1.54) is 6.07 Å². The molecule has 5 rings (SSSR count). The number of benzene rings is 2. The molecule has 7 nitrogen and oxygen atoms in total. The molecule has 2 aromatic heterocycles. The van der Waals surface area contributed by atoms with Gasteiger partial charge in [0.1, 0.15) is 5.69 Å². The lowest BCUT2D eigenvalue weighted by Crippen LogP contribution is -2.27.